The molecule has 0 aromatic rings. The molecule has 3 rings (SSSR count). The molecule has 10 atom stereocenters. The lowest BCUT2D eigenvalue weighted by Gasteiger charge is -2.40. The third-order valence-electron chi connectivity index (χ3n) is 7.15. The minimum Gasteiger partial charge on any atom is -0.389 e. The fraction of sp³-hybridized carbons (Fsp3) is 1.00. The summed E-state index contributed by atoms with van der Waals surface area (Å²) in [6.45, 7) is 10.6. The van der Waals surface area contributed by atoms with Crippen LogP contribution in [0.1, 0.15) is 59.8 Å². The van der Waals surface area contributed by atoms with Crippen LogP contribution < -0.4 is 16.0 Å². The van der Waals surface area contributed by atoms with Crippen molar-refractivity contribution in [2.45, 2.75) is 127 Å². The van der Waals surface area contributed by atoms with E-state index < -0.39 is 18.3 Å². The van der Waals surface area contributed by atoms with Crippen molar-refractivity contribution in [2.24, 2.45) is 0 Å². The van der Waals surface area contributed by atoms with Crippen molar-refractivity contribution in [3.8, 4) is 0 Å². The van der Waals surface area contributed by atoms with E-state index in [0.29, 0.717) is 45.3 Å². The smallest absolute Gasteiger partial charge is 0.0955 e. The van der Waals surface area contributed by atoms with Crippen LogP contribution in [-0.2, 0) is 14.2 Å². The molecule has 4 unspecified atom stereocenters. The van der Waals surface area contributed by atoms with Crippen LogP contribution in [0.2, 0.25) is 0 Å². The highest BCUT2D eigenvalue weighted by molar-refractivity contribution is 4.93. The predicted octanol–water partition coefficient (Wildman–Crippen LogP) is -0.0926. The van der Waals surface area contributed by atoms with Gasteiger partial charge in [0.15, 0.2) is 0 Å². The van der Waals surface area contributed by atoms with Gasteiger partial charge in [-0.25, -0.2) is 0 Å². The molecule has 3 aliphatic heterocycles. The highest BCUT2D eigenvalue weighted by atomic mass is 16.5. The van der Waals surface area contributed by atoms with Crippen molar-refractivity contribution in [1.82, 2.24) is 16.0 Å². The van der Waals surface area contributed by atoms with Gasteiger partial charge in [-0.15, -0.1) is 0 Å². The average Bonchev–Trinajstić information content (AvgIpc) is 2.75. The Morgan fingerprint density at radius 2 is 1.18 bits per heavy atom. The summed E-state index contributed by atoms with van der Waals surface area (Å²) in [5.41, 5.74) is 0. The van der Waals surface area contributed by atoms with Crippen molar-refractivity contribution in [3.63, 3.8) is 0 Å². The second-order valence-electron chi connectivity index (χ2n) is 10.6. The zero-order valence-electron chi connectivity index (χ0n) is 20.8. The standard InChI is InChI=1S/C24H47N3O6/c1-14(2)25-18-6-9-32-21(23(18)29)12-16(4)27-19-7-10-33-22(24(19)30)11-15(3)26-17-5-8-31-13-20(17)28/h14-30H,5-13H2,1-4H3/t15?,16?,17-,18+,19-,20-,21?,22?,23-,24-/m1/s1. The van der Waals surface area contributed by atoms with E-state index in [1.165, 1.54) is 0 Å². The molecule has 3 heterocycles. The van der Waals surface area contributed by atoms with Gasteiger partial charge in [0.05, 0.1) is 37.1 Å². The van der Waals surface area contributed by atoms with E-state index >= 15 is 0 Å². The summed E-state index contributed by atoms with van der Waals surface area (Å²) >= 11 is 0. The van der Waals surface area contributed by atoms with Crippen LogP contribution in [0, 0.1) is 0 Å². The fourth-order valence-corrected chi connectivity index (χ4v) is 5.44. The van der Waals surface area contributed by atoms with Crippen LogP contribution in [-0.4, -0.2) is 109 Å². The largest absolute Gasteiger partial charge is 0.389 e. The molecular formula is C24H47N3O6. The summed E-state index contributed by atoms with van der Waals surface area (Å²) in [6.07, 6.45) is 1.56. The third-order valence-corrected chi connectivity index (χ3v) is 7.15. The van der Waals surface area contributed by atoms with E-state index in [-0.39, 0.29) is 42.4 Å². The van der Waals surface area contributed by atoms with Crippen LogP contribution >= 0.6 is 0 Å². The molecule has 3 saturated heterocycles. The van der Waals surface area contributed by atoms with Gasteiger partial charge in [-0.2, -0.15) is 0 Å². The molecule has 0 bridgehead atoms. The van der Waals surface area contributed by atoms with Crippen molar-refractivity contribution < 1.29 is 29.5 Å². The number of ether oxygens (including phenoxy) is 3. The Morgan fingerprint density at radius 1 is 0.697 bits per heavy atom. The predicted molar refractivity (Wildman–Crippen MR) is 126 cm³/mol. The number of rotatable bonds is 10. The van der Waals surface area contributed by atoms with Gasteiger partial charge >= 0.3 is 0 Å². The zero-order chi connectivity index (χ0) is 24.0. The Bertz CT molecular complexity index is 570. The molecule has 0 spiro atoms. The van der Waals surface area contributed by atoms with E-state index in [2.05, 4.69) is 43.6 Å². The fourth-order valence-electron chi connectivity index (χ4n) is 5.44. The summed E-state index contributed by atoms with van der Waals surface area (Å²) in [5, 5.41) is 42.4. The molecule has 194 valence electrons. The molecule has 3 fully saturated rings. The molecule has 9 nitrogen and oxygen atoms in total. The zero-order valence-corrected chi connectivity index (χ0v) is 20.8. The molecule has 0 aromatic carbocycles. The van der Waals surface area contributed by atoms with Gasteiger partial charge < -0.3 is 45.5 Å². The first-order valence-electron chi connectivity index (χ1n) is 12.9. The number of aliphatic hydroxyl groups excluding tert-OH is 3. The Hall–Kier alpha value is -0.360. The number of nitrogens with one attached hydrogen (secondary N) is 3. The summed E-state index contributed by atoms with van der Waals surface area (Å²) in [4.78, 5) is 0. The van der Waals surface area contributed by atoms with Crippen molar-refractivity contribution in [3.05, 3.63) is 0 Å². The molecule has 0 radical (unpaired) electrons. The summed E-state index contributed by atoms with van der Waals surface area (Å²) < 4.78 is 17.1. The molecule has 9 heteroatoms. The Labute approximate surface area is 198 Å². The molecule has 3 aliphatic rings. The first-order chi connectivity index (χ1) is 15.7. The van der Waals surface area contributed by atoms with Crippen LogP contribution in [0.3, 0.4) is 0 Å². The van der Waals surface area contributed by atoms with E-state index in [1.807, 2.05) is 0 Å². The SMILES string of the molecule is CC(C)N[C@H]1CCOC(CC(C)N[C@@H]2CCOC(CC(C)N[C@@H]3CCOC[C@H]3O)[C@@H]2O)[C@@H]1O. The number of hydrogen-bond acceptors (Lipinski definition) is 9. The lowest BCUT2D eigenvalue weighted by atomic mass is 9.92. The monoisotopic (exact) mass is 473 g/mol. The number of hydrogen-bond donors (Lipinski definition) is 6. The molecule has 0 saturated carbocycles. The van der Waals surface area contributed by atoms with Crippen LogP contribution in [0.15, 0.2) is 0 Å². The molecule has 0 aliphatic carbocycles. The van der Waals surface area contributed by atoms with Gasteiger partial charge in [0.1, 0.15) is 0 Å². The Kier molecular flexibility index (Phi) is 10.8. The minimum atomic E-state index is -0.613. The second kappa shape index (κ2) is 13.1. The normalized spacial score (nSPS) is 40.0. The summed E-state index contributed by atoms with van der Waals surface area (Å²) in [5.74, 6) is 0. The molecular weight excluding hydrogens is 426 g/mol. The minimum absolute atomic E-state index is 0.0133. The van der Waals surface area contributed by atoms with Crippen molar-refractivity contribution >= 4 is 0 Å². The molecule has 6 N–H and O–H groups in total. The topological polar surface area (TPSA) is 124 Å². The van der Waals surface area contributed by atoms with Crippen LogP contribution in [0.5, 0.6) is 0 Å². The maximum absolute atomic E-state index is 11.0. The summed E-state index contributed by atoms with van der Waals surface area (Å²) in [7, 11) is 0. The Morgan fingerprint density at radius 3 is 1.70 bits per heavy atom. The molecule has 0 aromatic heterocycles. The maximum atomic E-state index is 11.0. The van der Waals surface area contributed by atoms with Gasteiger partial charge in [-0.3, -0.25) is 0 Å². The van der Waals surface area contributed by atoms with Gasteiger partial charge in [-0.1, -0.05) is 13.8 Å². The van der Waals surface area contributed by atoms with Gasteiger partial charge in [0, 0.05) is 56.1 Å². The lowest BCUT2D eigenvalue weighted by molar-refractivity contribution is -0.108. The van der Waals surface area contributed by atoms with E-state index in [0.717, 1.165) is 19.3 Å². The second-order valence-corrected chi connectivity index (χ2v) is 10.6. The quantitative estimate of drug-likeness (QED) is 0.258. The van der Waals surface area contributed by atoms with E-state index in [1.54, 1.807) is 0 Å². The van der Waals surface area contributed by atoms with Gasteiger partial charge in [-0.05, 0) is 46.0 Å². The first kappa shape index (κ1) is 27.2. The van der Waals surface area contributed by atoms with Crippen molar-refractivity contribution in [2.75, 3.05) is 26.4 Å². The van der Waals surface area contributed by atoms with E-state index in [4.69, 9.17) is 14.2 Å². The Balaban J connectivity index is 1.45. The van der Waals surface area contributed by atoms with E-state index in [9.17, 15) is 15.3 Å². The molecule has 33 heavy (non-hydrogen) atoms. The molecule has 0 amide bonds. The first-order valence-corrected chi connectivity index (χ1v) is 12.9. The third kappa shape index (κ3) is 8.08. The lowest BCUT2D eigenvalue weighted by Crippen LogP contribution is -2.57. The van der Waals surface area contributed by atoms with Crippen LogP contribution in [0.25, 0.3) is 0 Å². The maximum Gasteiger partial charge on any atom is 0.0955 e. The summed E-state index contributed by atoms with van der Waals surface area (Å²) in [6, 6.07) is 0.518. The number of aliphatic hydroxyl groups is 3. The average molecular weight is 474 g/mol. The highest BCUT2D eigenvalue weighted by Gasteiger charge is 2.37. The van der Waals surface area contributed by atoms with Crippen LogP contribution in [0.4, 0.5) is 0 Å². The van der Waals surface area contributed by atoms with Gasteiger partial charge in [0.25, 0.3) is 0 Å². The van der Waals surface area contributed by atoms with Gasteiger partial charge in [0.2, 0.25) is 0 Å². The van der Waals surface area contributed by atoms with Crippen molar-refractivity contribution in [1.29, 1.82) is 0 Å². The highest BCUT2D eigenvalue weighted by Crippen LogP contribution is 2.23.